The van der Waals surface area contributed by atoms with E-state index >= 15 is 0 Å². The lowest BCUT2D eigenvalue weighted by atomic mass is 10.2. The van der Waals surface area contributed by atoms with Crippen molar-refractivity contribution >= 4 is 29.4 Å². The molecule has 0 saturated heterocycles. The van der Waals surface area contributed by atoms with Crippen LogP contribution in [0.2, 0.25) is 0 Å². The van der Waals surface area contributed by atoms with Crippen LogP contribution in [0.1, 0.15) is 5.56 Å². The molecule has 2 N–H and O–H groups in total. The van der Waals surface area contributed by atoms with Crippen LogP contribution in [0.15, 0.2) is 47.6 Å². The van der Waals surface area contributed by atoms with E-state index in [0.717, 1.165) is 23.1 Å². The quantitative estimate of drug-likeness (QED) is 0.512. The Labute approximate surface area is 187 Å². The van der Waals surface area contributed by atoms with Gasteiger partial charge in [0.1, 0.15) is 19.0 Å². The number of benzene rings is 2. The van der Waals surface area contributed by atoms with Gasteiger partial charge in [-0.05, 0) is 40.3 Å². The molecule has 1 aromatic heterocycles. The summed E-state index contributed by atoms with van der Waals surface area (Å²) in [6, 6.07) is 11.9. The van der Waals surface area contributed by atoms with Crippen LogP contribution in [0.3, 0.4) is 0 Å². The summed E-state index contributed by atoms with van der Waals surface area (Å²) in [7, 11) is 1.60. The summed E-state index contributed by atoms with van der Waals surface area (Å²) >= 11 is 1.13. The number of hydrogen-bond donors (Lipinski definition) is 2. The average molecular weight is 456 g/mol. The van der Waals surface area contributed by atoms with Crippen molar-refractivity contribution in [2.75, 3.05) is 31.4 Å². The molecule has 0 unspecified atom stereocenters. The first-order valence-corrected chi connectivity index (χ1v) is 10.6. The van der Waals surface area contributed by atoms with E-state index in [1.807, 2.05) is 24.3 Å². The highest BCUT2D eigenvalue weighted by Crippen LogP contribution is 2.32. The number of methoxy groups -OCH3 is 1. The summed E-state index contributed by atoms with van der Waals surface area (Å²) in [6.45, 7) is 1.36. The van der Waals surface area contributed by atoms with Gasteiger partial charge in [-0.3, -0.25) is 10.1 Å². The molecule has 32 heavy (non-hydrogen) atoms. The van der Waals surface area contributed by atoms with E-state index in [0.29, 0.717) is 42.1 Å². The Morgan fingerprint density at radius 1 is 1.12 bits per heavy atom. The number of tetrazole rings is 1. The maximum absolute atomic E-state index is 12.2. The number of hydrogen-bond acceptors (Lipinski definition) is 9. The fourth-order valence-electron chi connectivity index (χ4n) is 2.88. The van der Waals surface area contributed by atoms with Gasteiger partial charge in [-0.2, -0.15) is 0 Å². The fourth-order valence-corrected chi connectivity index (χ4v) is 3.56. The molecule has 2 heterocycles. The van der Waals surface area contributed by atoms with Crippen LogP contribution in [-0.2, 0) is 11.3 Å². The molecule has 12 heteroatoms. The zero-order chi connectivity index (χ0) is 22.3. The van der Waals surface area contributed by atoms with Gasteiger partial charge in [-0.1, -0.05) is 23.9 Å². The van der Waals surface area contributed by atoms with E-state index in [-0.39, 0.29) is 5.75 Å². The minimum absolute atomic E-state index is 0.0302. The molecule has 11 nitrogen and oxygen atoms in total. The summed E-state index contributed by atoms with van der Waals surface area (Å²) < 4.78 is 17.6. The number of fused-ring (bicyclic) bond motifs is 1. The number of rotatable bonds is 7. The lowest BCUT2D eigenvalue weighted by Gasteiger charge is -2.19. The second-order valence-corrected chi connectivity index (χ2v) is 7.56. The summed E-state index contributed by atoms with van der Waals surface area (Å²) in [5.74, 6) is 1.40. The molecule has 3 aromatic rings. The van der Waals surface area contributed by atoms with Crippen LogP contribution in [0, 0.1) is 0 Å². The number of nitrogens with zero attached hydrogens (tertiary/aromatic N) is 4. The van der Waals surface area contributed by atoms with Gasteiger partial charge in [-0.15, -0.1) is 5.10 Å². The summed E-state index contributed by atoms with van der Waals surface area (Å²) in [4.78, 5) is 24.3. The van der Waals surface area contributed by atoms with Crippen molar-refractivity contribution in [1.29, 1.82) is 0 Å². The summed E-state index contributed by atoms with van der Waals surface area (Å²) in [5, 5.41) is 16.9. The molecular formula is C20H20N6O5S. The zero-order valence-electron chi connectivity index (χ0n) is 17.1. The third-order valence-electron chi connectivity index (χ3n) is 4.38. The minimum atomic E-state index is -0.648. The van der Waals surface area contributed by atoms with Crippen LogP contribution in [-0.4, -0.2) is 58.2 Å². The van der Waals surface area contributed by atoms with Crippen molar-refractivity contribution < 1.29 is 23.8 Å². The van der Waals surface area contributed by atoms with Crippen LogP contribution in [0.5, 0.6) is 17.2 Å². The number of urea groups is 1. The second kappa shape index (κ2) is 10.0. The maximum atomic E-state index is 12.2. The van der Waals surface area contributed by atoms with E-state index in [2.05, 4.69) is 26.2 Å². The second-order valence-electron chi connectivity index (χ2n) is 6.62. The van der Waals surface area contributed by atoms with Crippen molar-refractivity contribution in [1.82, 2.24) is 25.5 Å². The van der Waals surface area contributed by atoms with E-state index < -0.39 is 11.9 Å². The molecule has 0 atom stereocenters. The number of anilines is 1. The molecule has 4 rings (SSSR count). The van der Waals surface area contributed by atoms with Crippen LogP contribution in [0.4, 0.5) is 10.5 Å². The minimum Gasteiger partial charge on any atom is -0.497 e. The lowest BCUT2D eigenvalue weighted by molar-refractivity contribution is -0.117. The van der Waals surface area contributed by atoms with Crippen molar-refractivity contribution in [3.05, 3.63) is 48.0 Å². The number of ether oxygens (including phenoxy) is 3. The monoisotopic (exact) mass is 456 g/mol. The molecule has 166 valence electrons. The van der Waals surface area contributed by atoms with Gasteiger partial charge in [-0.25, -0.2) is 9.48 Å². The van der Waals surface area contributed by atoms with Crippen LogP contribution in [0.25, 0.3) is 0 Å². The third-order valence-corrected chi connectivity index (χ3v) is 5.33. The molecule has 0 fully saturated rings. The molecular weight excluding hydrogens is 436 g/mol. The molecule has 3 amide bonds. The van der Waals surface area contributed by atoms with E-state index in [4.69, 9.17) is 14.2 Å². The Hall–Kier alpha value is -3.80. The van der Waals surface area contributed by atoms with Gasteiger partial charge in [0.25, 0.3) is 0 Å². The largest absolute Gasteiger partial charge is 0.497 e. The number of thioether (sulfide) groups is 1. The predicted molar refractivity (Wildman–Crippen MR) is 115 cm³/mol. The first kappa shape index (κ1) is 21.4. The highest BCUT2D eigenvalue weighted by Gasteiger charge is 2.15. The van der Waals surface area contributed by atoms with Crippen LogP contribution >= 0.6 is 11.8 Å². The smallest absolute Gasteiger partial charge is 0.325 e. The molecule has 0 bridgehead atoms. The highest BCUT2D eigenvalue weighted by atomic mass is 32.2. The van der Waals surface area contributed by atoms with Gasteiger partial charge in [0, 0.05) is 11.8 Å². The molecule has 0 radical (unpaired) electrons. The Morgan fingerprint density at radius 2 is 1.91 bits per heavy atom. The van der Waals surface area contributed by atoms with Gasteiger partial charge < -0.3 is 19.5 Å². The average Bonchev–Trinajstić information content (AvgIpc) is 3.25. The number of imide groups is 1. The summed E-state index contributed by atoms with van der Waals surface area (Å²) in [6.07, 6.45) is 0. The Bertz CT molecular complexity index is 1100. The summed E-state index contributed by atoms with van der Waals surface area (Å²) in [5.41, 5.74) is 1.46. The first-order valence-electron chi connectivity index (χ1n) is 9.63. The van der Waals surface area contributed by atoms with Crippen molar-refractivity contribution in [2.24, 2.45) is 0 Å². The Morgan fingerprint density at radius 3 is 2.69 bits per heavy atom. The highest BCUT2D eigenvalue weighted by molar-refractivity contribution is 7.99. The fraction of sp³-hybridized carbons (Fsp3) is 0.250. The number of carbonyl (C=O) groups is 2. The van der Waals surface area contributed by atoms with Gasteiger partial charge >= 0.3 is 6.03 Å². The number of carbonyl (C=O) groups excluding carboxylic acids is 2. The van der Waals surface area contributed by atoms with Crippen molar-refractivity contribution in [3.8, 4) is 17.2 Å². The Balaban J connectivity index is 1.27. The number of aromatic nitrogens is 4. The molecule has 2 aromatic carbocycles. The van der Waals surface area contributed by atoms with Crippen LogP contribution < -0.4 is 24.8 Å². The molecule has 1 aliphatic heterocycles. The van der Waals surface area contributed by atoms with E-state index in [1.165, 1.54) is 0 Å². The normalized spacial score (nSPS) is 12.2. The molecule has 0 aliphatic carbocycles. The molecule has 0 saturated carbocycles. The van der Waals surface area contributed by atoms with Crippen molar-refractivity contribution in [2.45, 2.75) is 11.7 Å². The van der Waals surface area contributed by atoms with Crippen molar-refractivity contribution in [3.63, 3.8) is 0 Å². The number of nitrogens with one attached hydrogen (secondary N) is 2. The zero-order valence-corrected chi connectivity index (χ0v) is 17.9. The standard InChI is InChI=1S/C20H20N6O5S/c1-29-15-5-2-13(3-6-15)11-26-20(23-24-25-26)32-12-18(27)22-19(28)21-14-4-7-16-17(10-14)31-9-8-30-16/h2-7,10H,8-9,11-12H2,1H3,(H2,21,22,27,28). The SMILES string of the molecule is COc1ccc(Cn2nnnc2SCC(=O)NC(=O)Nc2ccc3c(c2)OCCO3)cc1. The maximum Gasteiger partial charge on any atom is 0.325 e. The van der Waals surface area contributed by atoms with Gasteiger partial charge in [0.2, 0.25) is 11.1 Å². The predicted octanol–water partition coefficient (Wildman–Crippen LogP) is 1.94. The van der Waals surface area contributed by atoms with E-state index in [1.54, 1.807) is 30.0 Å². The Kier molecular flexibility index (Phi) is 6.70. The molecule has 0 spiro atoms. The molecule has 1 aliphatic rings. The van der Waals surface area contributed by atoms with Gasteiger partial charge in [0.05, 0.1) is 19.4 Å². The lowest BCUT2D eigenvalue weighted by Crippen LogP contribution is -2.35. The first-order chi connectivity index (χ1) is 15.6. The number of amides is 3. The van der Waals surface area contributed by atoms with Gasteiger partial charge in [0.15, 0.2) is 11.5 Å². The van der Waals surface area contributed by atoms with E-state index in [9.17, 15) is 9.59 Å². The topological polar surface area (TPSA) is 129 Å². The third kappa shape index (κ3) is 5.46.